The molecule has 2 rings (SSSR count). The first-order valence-electron chi connectivity index (χ1n) is 7.90. The van der Waals surface area contributed by atoms with Crippen molar-refractivity contribution in [3.8, 4) is 0 Å². The number of carbonyl (C=O) groups excluding carboxylic acids is 3. The summed E-state index contributed by atoms with van der Waals surface area (Å²) in [6, 6.07) is 7.22. The standard InChI is InChI=1S/C18H24N2O3/c1-13(21)19-9-11-20(12-10-19)17(23)16(22)14-5-7-15(8-6-14)18(2,3)4/h5-8H,9-12H2,1-4H3. The zero-order chi connectivity index (χ0) is 17.2. The molecule has 1 aromatic rings. The summed E-state index contributed by atoms with van der Waals surface area (Å²) in [6.07, 6.45) is 0. The zero-order valence-corrected chi connectivity index (χ0v) is 14.3. The fourth-order valence-electron chi connectivity index (χ4n) is 2.61. The molecule has 1 saturated heterocycles. The van der Waals surface area contributed by atoms with Crippen molar-refractivity contribution in [3.05, 3.63) is 35.4 Å². The van der Waals surface area contributed by atoms with Crippen molar-refractivity contribution in [2.75, 3.05) is 26.2 Å². The van der Waals surface area contributed by atoms with E-state index in [1.807, 2.05) is 12.1 Å². The van der Waals surface area contributed by atoms with Gasteiger partial charge < -0.3 is 9.80 Å². The van der Waals surface area contributed by atoms with Crippen molar-refractivity contribution in [2.24, 2.45) is 0 Å². The van der Waals surface area contributed by atoms with E-state index in [1.54, 1.807) is 17.0 Å². The number of Topliss-reactive ketones (excluding diaryl/α,β-unsaturated/α-hetero) is 1. The molecule has 1 heterocycles. The van der Waals surface area contributed by atoms with Crippen LogP contribution < -0.4 is 0 Å². The third-order valence-corrected chi connectivity index (χ3v) is 4.22. The monoisotopic (exact) mass is 316 g/mol. The maximum atomic E-state index is 12.3. The molecule has 5 nitrogen and oxygen atoms in total. The normalized spacial score (nSPS) is 15.5. The number of amides is 2. The lowest BCUT2D eigenvalue weighted by Crippen LogP contribution is -2.51. The molecule has 0 saturated carbocycles. The van der Waals surface area contributed by atoms with Gasteiger partial charge in [0.25, 0.3) is 5.91 Å². The minimum absolute atomic E-state index is 0.00111. The van der Waals surface area contributed by atoms with Crippen molar-refractivity contribution in [1.29, 1.82) is 0 Å². The van der Waals surface area contributed by atoms with Gasteiger partial charge in [0.2, 0.25) is 11.7 Å². The molecule has 0 radical (unpaired) electrons. The Morgan fingerprint density at radius 3 is 1.78 bits per heavy atom. The van der Waals surface area contributed by atoms with Gasteiger partial charge in [0.1, 0.15) is 0 Å². The molecule has 2 amide bonds. The van der Waals surface area contributed by atoms with Crippen LogP contribution >= 0.6 is 0 Å². The molecule has 0 spiro atoms. The van der Waals surface area contributed by atoms with E-state index < -0.39 is 11.7 Å². The molecule has 0 unspecified atom stereocenters. The minimum atomic E-state index is -0.489. The van der Waals surface area contributed by atoms with E-state index in [9.17, 15) is 14.4 Å². The highest BCUT2D eigenvalue weighted by Crippen LogP contribution is 2.22. The lowest BCUT2D eigenvalue weighted by Gasteiger charge is -2.33. The molecule has 1 fully saturated rings. The van der Waals surface area contributed by atoms with Crippen molar-refractivity contribution < 1.29 is 14.4 Å². The highest BCUT2D eigenvalue weighted by Gasteiger charge is 2.27. The number of hydrogen-bond donors (Lipinski definition) is 0. The number of nitrogens with zero attached hydrogens (tertiary/aromatic N) is 2. The first kappa shape index (κ1) is 17.2. The summed E-state index contributed by atoms with van der Waals surface area (Å²) < 4.78 is 0. The Labute approximate surface area is 137 Å². The third-order valence-electron chi connectivity index (χ3n) is 4.22. The third kappa shape index (κ3) is 3.97. The minimum Gasteiger partial charge on any atom is -0.339 e. The highest BCUT2D eigenvalue weighted by molar-refractivity contribution is 6.42. The maximum absolute atomic E-state index is 12.3. The molecule has 1 aliphatic heterocycles. The second-order valence-corrected chi connectivity index (χ2v) is 6.95. The molecule has 124 valence electrons. The van der Waals surface area contributed by atoms with Crippen molar-refractivity contribution in [1.82, 2.24) is 9.80 Å². The van der Waals surface area contributed by atoms with Gasteiger partial charge in [0, 0.05) is 38.7 Å². The Balaban J connectivity index is 2.03. The molecular formula is C18H24N2O3. The van der Waals surface area contributed by atoms with E-state index in [1.165, 1.54) is 11.8 Å². The Hall–Kier alpha value is -2.17. The fraction of sp³-hybridized carbons (Fsp3) is 0.500. The summed E-state index contributed by atoms with van der Waals surface area (Å²) >= 11 is 0. The van der Waals surface area contributed by atoms with E-state index in [4.69, 9.17) is 0 Å². The van der Waals surface area contributed by atoms with Gasteiger partial charge in [-0.25, -0.2) is 0 Å². The smallest absolute Gasteiger partial charge is 0.295 e. The Bertz CT molecular complexity index is 606. The zero-order valence-electron chi connectivity index (χ0n) is 14.3. The molecular weight excluding hydrogens is 292 g/mol. The number of benzene rings is 1. The summed E-state index contributed by atoms with van der Waals surface area (Å²) in [6.45, 7) is 9.60. The summed E-state index contributed by atoms with van der Waals surface area (Å²) in [5.41, 5.74) is 1.54. The van der Waals surface area contributed by atoms with E-state index in [2.05, 4.69) is 20.8 Å². The molecule has 1 aromatic carbocycles. The van der Waals surface area contributed by atoms with Crippen LogP contribution in [0.4, 0.5) is 0 Å². The van der Waals surface area contributed by atoms with Gasteiger partial charge in [-0.15, -0.1) is 0 Å². The van der Waals surface area contributed by atoms with Gasteiger partial charge in [-0.1, -0.05) is 45.0 Å². The van der Waals surface area contributed by atoms with Crippen LogP contribution in [0, 0.1) is 0 Å². The van der Waals surface area contributed by atoms with Gasteiger partial charge in [-0.3, -0.25) is 14.4 Å². The van der Waals surface area contributed by atoms with Gasteiger partial charge in [-0.05, 0) is 11.0 Å². The molecule has 0 atom stereocenters. The van der Waals surface area contributed by atoms with Crippen LogP contribution in [-0.4, -0.2) is 53.6 Å². The van der Waals surface area contributed by atoms with Gasteiger partial charge in [0.05, 0.1) is 0 Å². The Kier molecular flexibility index (Phi) is 4.88. The van der Waals surface area contributed by atoms with Crippen LogP contribution in [0.15, 0.2) is 24.3 Å². The van der Waals surface area contributed by atoms with E-state index >= 15 is 0 Å². The molecule has 0 bridgehead atoms. The van der Waals surface area contributed by atoms with Gasteiger partial charge >= 0.3 is 0 Å². The van der Waals surface area contributed by atoms with Crippen molar-refractivity contribution in [2.45, 2.75) is 33.1 Å². The maximum Gasteiger partial charge on any atom is 0.295 e. The number of carbonyl (C=O) groups is 3. The van der Waals surface area contributed by atoms with Crippen LogP contribution in [-0.2, 0) is 15.0 Å². The first-order valence-corrected chi connectivity index (χ1v) is 7.90. The predicted molar refractivity (Wildman–Crippen MR) is 88.3 cm³/mol. The van der Waals surface area contributed by atoms with Crippen molar-refractivity contribution >= 4 is 17.6 Å². The number of hydrogen-bond acceptors (Lipinski definition) is 3. The number of piperazine rings is 1. The first-order chi connectivity index (χ1) is 10.7. The molecule has 0 aliphatic carbocycles. The predicted octanol–water partition coefficient (Wildman–Crippen LogP) is 1.86. The lowest BCUT2D eigenvalue weighted by molar-refractivity contribution is -0.135. The second kappa shape index (κ2) is 6.52. The fourth-order valence-corrected chi connectivity index (χ4v) is 2.61. The SMILES string of the molecule is CC(=O)N1CCN(C(=O)C(=O)c2ccc(C(C)(C)C)cc2)CC1. The summed E-state index contributed by atoms with van der Waals surface area (Å²) in [7, 11) is 0. The van der Waals surface area contributed by atoms with Gasteiger partial charge in [-0.2, -0.15) is 0 Å². The highest BCUT2D eigenvalue weighted by atomic mass is 16.2. The average Bonchev–Trinajstić information content (AvgIpc) is 2.53. The van der Waals surface area contributed by atoms with Crippen LogP contribution in [0.1, 0.15) is 43.6 Å². The number of rotatable bonds is 2. The molecule has 23 heavy (non-hydrogen) atoms. The Morgan fingerprint density at radius 2 is 1.35 bits per heavy atom. The summed E-state index contributed by atoms with van der Waals surface area (Å²) in [5, 5.41) is 0. The van der Waals surface area contributed by atoms with Crippen LogP contribution in [0.25, 0.3) is 0 Å². The van der Waals surface area contributed by atoms with E-state index in [0.29, 0.717) is 31.7 Å². The molecule has 0 N–H and O–H groups in total. The van der Waals surface area contributed by atoms with E-state index in [0.717, 1.165) is 5.56 Å². The topological polar surface area (TPSA) is 57.7 Å². The Morgan fingerprint density at radius 1 is 0.870 bits per heavy atom. The number of ketones is 1. The quantitative estimate of drug-likeness (QED) is 0.618. The average molecular weight is 316 g/mol. The van der Waals surface area contributed by atoms with Crippen LogP contribution in [0.2, 0.25) is 0 Å². The second-order valence-electron chi connectivity index (χ2n) is 6.95. The van der Waals surface area contributed by atoms with Gasteiger partial charge in [0.15, 0.2) is 0 Å². The summed E-state index contributed by atoms with van der Waals surface area (Å²) in [4.78, 5) is 39.2. The largest absolute Gasteiger partial charge is 0.339 e. The molecule has 1 aliphatic rings. The van der Waals surface area contributed by atoms with E-state index in [-0.39, 0.29) is 11.3 Å². The van der Waals surface area contributed by atoms with Crippen molar-refractivity contribution in [3.63, 3.8) is 0 Å². The lowest BCUT2D eigenvalue weighted by atomic mass is 9.86. The molecule has 5 heteroatoms. The van der Waals surface area contributed by atoms with Crippen LogP contribution in [0.5, 0.6) is 0 Å². The molecule has 0 aromatic heterocycles. The van der Waals surface area contributed by atoms with Crippen LogP contribution in [0.3, 0.4) is 0 Å². The summed E-state index contributed by atoms with van der Waals surface area (Å²) in [5.74, 6) is -0.973.